The summed E-state index contributed by atoms with van der Waals surface area (Å²) in [6.07, 6.45) is 10.5. The average molecular weight is 259 g/mol. The van der Waals surface area contributed by atoms with E-state index in [9.17, 15) is 0 Å². The van der Waals surface area contributed by atoms with Crippen molar-refractivity contribution in [2.45, 2.75) is 51.5 Å². The van der Waals surface area contributed by atoms with Gasteiger partial charge in [-0.2, -0.15) is 0 Å². The van der Waals surface area contributed by atoms with Gasteiger partial charge in [0.25, 0.3) is 0 Å². The van der Waals surface area contributed by atoms with Gasteiger partial charge in [0.1, 0.15) is 0 Å². The number of piperidine rings is 1. The van der Waals surface area contributed by atoms with Crippen molar-refractivity contribution in [1.29, 1.82) is 0 Å². The predicted molar refractivity (Wildman–Crippen MR) is 79.2 cm³/mol. The summed E-state index contributed by atoms with van der Waals surface area (Å²) in [5, 5.41) is 0. The second-order valence-electron chi connectivity index (χ2n) is 6.42. The molecule has 1 aliphatic carbocycles. The van der Waals surface area contributed by atoms with Crippen LogP contribution in [0.25, 0.3) is 0 Å². The molecule has 1 aromatic rings. The van der Waals surface area contributed by atoms with E-state index < -0.39 is 0 Å². The lowest BCUT2D eigenvalue weighted by Gasteiger charge is -2.40. The zero-order valence-corrected chi connectivity index (χ0v) is 11.9. The minimum atomic E-state index is 0.0252. The van der Waals surface area contributed by atoms with Crippen molar-refractivity contribution >= 4 is 5.69 Å². The molecule has 2 fully saturated rings. The van der Waals surface area contributed by atoms with Gasteiger partial charge in [-0.25, -0.2) is 0 Å². The van der Waals surface area contributed by atoms with Crippen LogP contribution < -0.4 is 10.6 Å². The second kappa shape index (κ2) is 5.12. The van der Waals surface area contributed by atoms with E-state index in [1.807, 2.05) is 13.1 Å². The number of nitrogens with zero attached hydrogens (tertiary/aromatic N) is 2. The molecule has 0 radical (unpaired) electrons. The fraction of sp³-hybridized carbons (Fsp3) is 0.688. The quantitative estimate of drug-likeness (QED) is 0.886. The molecule has 19 heavy (non-hydrogen) atoms. The number of anilines is 1. The number of nitrogens with two attached hydrogens (primary N) is 1. The summed E-state index contributed by atoms with van der Waals surface area (Å²) in [6.45, 7) is 4.37. The molecular weight excluding hydrogens is 234 g/mol. The maximum Gasteiger partial charge on any atom is 0.0569 e. The number of hydrogen-bond acceptors (Lipinski definition) is 3. The Labute approximate surface area is 116 Å². The molecule has 1 spiro atoms. The lowest BCUT2D eigenvalue weighted by Crippen LogP contribution is -2.38. The normalized spacial score (nSPS) is 23.8. The van der Waals surface area contributed by atoms with E-state index in [0.29, 0.717) is 5.41 Å². The highest BCUT2D eigenvalue weighted by Crippen LogP contribution is 2.46. The Morgan fingerprint density at radius 1 is 1.16 bits per heavy atom. The van der Waals surface area contributed by atoms with Gasteiger partial charge in [0.15, 0.2) is 0 Å². The van der Waals surface area contributed by atoms with Crippen LogP contribution in [0.5, 0.6) is 0 Å². The van der Waals surface area contributed by atoms with Gasteiger partial charge < -0.3 is 10.6 Å². The number of pyridine rings is 1. The van der Waals surface area contributed by atoms with Gasteiger partial charge >= 0.3 is 0 Å². The molecule has 1 saturated carbocycles. The van der Waals surface area contributed by atoms with Crippen LogP contribution in [0.4, 0.5) is 5.69 Å². The van der Waals surface area contributed by atoms with Crippen LogP contribution in [0.1, 0.15) is 57.2 Å². The molecular formula is C16H25N3. The Bertz CT molecular complexity index is 408. The summed E-state index contributed by atoms with van der Waals surface area (Å²) in [6, 6.07) is 4.27. The Morgan fingerprint density at radius 3 is 2.37 bits per heavy atom. The van der Waals surface area contributed by atoms with Gasteiger partial charge in [0.2, 0.25) is 0 Å². The summed E-state index contributed by atoms with van der Waals surface area (Å²) < 4.78 is 0. The van der Waals surface area contributed by atoms with E-state index in [2.05, 4.69) is 22.0 Å². The lowest BCUT2D eigenvalue weighted by molar-refractivity contribution is 0.226. The molecule has 0 amide bonds. The molecule has 2 N–H and O–H groups in total. The molecule has 104 valence electrons. The first kappa shape index (κ1) is 12.9. The van der Waals surface area contributed by atoms with E-state index in [1.165, 1.54) is 57.3 Å². The number of rotatable bonds is 2. The standard InChI is InChI=1S/C16H25N3/c1-13(17)15-5-4-14(12-18-15)19-10-8-16(9-11-19)6-2-3-7-16/h4-5,12-13H,2-3,6-11,17H2,1H3/t13-/m1/s1. The topological polar surface area (TPSA) is 42.1 Å². The van der Waals surface area contributed by atoms with Crippen molar-refractivity contribution in [3.05, 3.63) is 24.0 Å². The summed E-state index contributed by atoms with van der Waals surface area (Å²) in [5.74, 6) is 0. The Morgan fingerprint density at radius 2 is 1.84 bits per heavy atom. The summed E-state index contributed by atoms with van der Waals surface area (Å²) in [4.78, 5) is 6.96. The van der Waals surface area contributed by atoms with Gasteiger partial charge in [-0.3, -0.25) is 4.98 Å². The number of aromatic nitrogens is 1. The summed E-state index contributed by atoms with van der Waals surface area (Å²) in [5.41, 5.74) is 8.78. The second-order valence-corrected chi connectivity index (χ2v) is 6.42. The van der Waals surface area contributed by atoms with Crippen molar-refractivity contribution in [3.8, 4) is 0 Å². The first-order valence-electron chi connectivity index (χ1n) is 7.65. The molecule has 0 unspecified atom stereocenters. The summed E-state index contributed by atoms with van der Waals surface area (Å²) >= 11 is 0. The highest BCUT2D eigenvalue weighted by atomic mass is 15.1. The van der Waals surface area contributed by atoms with E-state index in [0.717, 1.165) is 5.69 Å². The molecule has 1 aromatic heterocycles. The molecule has 0 bridgehead atoms. The SMILES string of the molecule is C[C@@H](N)c1ccc(N2CCC3(CCCC3)CC2)cn1. The smallest absolute Gasteiger partial charge is 0.0569 e. The Kier molecular flexibility index (Phi) is 3.48. The van der Waals surface area contributed by atoms with Crippen LogP contribution >= 0.6 is 0 Å². The van der Waals surface area contributed by atoms with E-state index >= 15 is 0 Å². The van der Waals surface area contributed by atoms with Crippen molar-refractivity contribution in [3.63, 3.8) is 0 Å². The Hall–Kier alpha value is -1.09. The minimum absolute atomic E-state index is 0.0252. The lowest BCUT2D eigenvalue weighted by atomic mass is 9.77. The van der Waals surface area contributed by atoms with Crippen LogP contribution in [0.2, 0.25) is 0 Å². The third kappa shape index (κ3) is 2.62. The van der Waals surface area contributed by atoms with Gasteiger partial charge in [0, 0.05) is 19.1 Å². The van der Waals surface area contributed by atoms with Gasteiger partial charge in [-0.1, -0.05) is 12.8 Å². The Balaban J connectivity index is 1.64. The molecule has 3 rings (SSSR count). The zero-order valence-electron chi connectivity index (χ0n) is 11.9. The third-order valence-electron chi connectivity index (χ3n) is 5.09. The molecule has 1 aliphatic heterocycles. The highest BCUT2D eigenvalue weighted by molar-refractivity contribution is 5.45. The van der Waals surface area contributed by atoms with Crippen LogP contribution in [0.3, 0.4) is 0 Å². The molecule has 0 aromatic carbocycles. The molecule has 1 saturated heterocycles. The van der Waals surface area contributed by atoms with E-state index in [-0.39, 0.29) is 6.04 Å². The maximum absolute atomic E-state index is 5.84. The molecule has 1 atom stereocenters. The molecule has 3 heteroatoms. The maximum atomic E-state index is 5.84. The fourth-order valence-corrected chi connectivity index (χ4v) is 3.72. The number of hydrogen-bond donors (Lipinski definition) is 1. The van der Waals surface area contributed by atoms with Crippen LogP contribution in [0.15, 0.2) is 18.3 Å². The van der Waals surface area contributed by atoms with Gasteiger partial charge in [-0.15, -0.1) is 0 Å². The molecule has 2 heterocycles. The van der Waals surface area contributed by atoms with Crippen LogP contribution in [-0.4, -0.2) is 18.1 Å². The average Bonchev–Trinajstić information content (AvgIpc) is 2.88. The zero-order chi connectivity index (χ0) is 13.3. The molecule has 2 aliphatic rings. The van der Waals surface area contributed by atoms with Crippen molar-refractivity contribution in [1.82, 2.24) is 4.98 Å². The van der Waals surface area contributed by atoms with Crippen molar-refractivity contribution in [2.75, 3.05) is 18.0 Å². The van der Waals surface area contributed by atoms with Crippen molar-refractivity contribution in [2.24, 2.45) is 11.1 Å². The van der Waals surface area contributed by atoms with Crippen LogP contribution in [-0.2, 0) is 0 Å². The van der Waals surface area contributed by atoms with E-state index in [1.54, 1.807) is 0 Å². The summed E-state index contributed by atoms with van der Waals surface area (Å²) in [7, 11) is 0. The minimum Gasteiger partial charge on any atom is -0.370 e. The monoisotopic (exact) mass is 259 g/mol. The first-order chi connectivity index (χ1) is 9.19. The highest BCUT2D eigenvalue weighted by Gasteiger charge is 2.36. The largest absolute Gasteiger partial charge is 0.370 e. The van der Waals surface area contributed by atoms with Gasteiger partial charge in [0.05, 0.1) is 17.6 Å². The van der Waals surface area contributed by atoms with Gasteiger partial charge in [-0.05, 0) is 50.2 Å². The van der Waals surface area contributed by atoms with Crippen molar-refractivity contribution < 1.29 is 0 Å². The molecule has 3 nitrogen and oxygen atoms in total. The van der Waals surface area contributed by atoms with Crippen LogP contribution in [0, 0.1) is 5.41 Å². The first-order valence-corrected chi connectivity index (χ1v) is 7.65. The fourth-order valence-electron chi connectivity index (χ4n) is 3.72. The van der Waals surface area contributed by atoms with E-state index in [4.69, 9.17) is 5.73 Å². The third-order valence-corrected chi connectivity index (χ3v) is 5.09. The predicted octanol–water partition coefficient (Wildman–Crippen LogP) is 3.26.